The number of H-pyrrole nitrogens is 1. The Labute approximate surface area is 98.1 Å². The van der Waals surface area contributed by atoms with Gasteiger partial charge in [0.1, 0.15) is 11.4 Å². The maximum atomic E-state index is 12.5. The number of aromatic amines is 1. The third-order valence-corrected chi connectivity index (χ3v) is 2.93. The lowest BCUT2D eigenvalue weighted by molar-refractivity contribution is -0.141. The molecule has 0 bridgehead atoms. The fourth-order valence-corrected chi connectivity index (χ4v) is 1.66. The van der Waals surface area contributed by atoms with Crippen LogP contribution in [0.15, 0.2) is 4.47 Å². The number of hydrogen-bond acceptors (Lipinski definition) is 2. The average Bonchev–Trinajstić information content (AvgIpc) is 2.44. The van der Waals surface area contributed by atoms with Crippen molar-refractivity contribution in [3.8, 4) is 0 Å². The van der Waals surface area contributed by atoms with E-state index < -0.39 is 17.8 Å². The van der Waals surface area contributed by atoms with Gasteiger partial charge in [-0.15, -0.1) is 0 Å². The molecule has 0 unspecified atom stereocenters. The van der Waals surface area contributed by atoms with Gasteiger partial charge in [-0.1, -0.05) is 0 Å². The average molecular weight is 300 g/mol. The van der Waals surface area contributed by atoms with Crippen LogP contribution in [0.4, 0.5) is 13.2 Å². The van der Waals surface area contributed by atoms with Crippen molar-refractivity contribution in [1.82, 2.24) is 4.98 Å². The highest BCUT2D eigenvalue weighted by atomic mass is 79.9. The number of halogens is 4. The molecule has 0 aliphatic carbocycles. The van der Waals surface area contributed by atoms with Gasteiger partial charge in [-0.25, -0.2) is 4.79 Å². The Morgan fingerprint density at radius 2 is 2.06 bits per heavy atom. The van der Waals surface area contributed by atoms with Crippen LogP contribution in [-0.2, 0) is 10.9 Å². The molecule has 7 heteroatoms. The summed E-state index contributed by atoms with van der Waals surface area (Å²) in [6.45, 7) is 2.95. The Balaban J connectivity index is 3.20. The molecule has 0 saturated carbocycles. The second-order valence-corrected chi connectivity index (χ2v) is 3.83. The minimum Gasteiger partial charge on any atom is -0.461 e. The van der Waals surface area contributed by atoms with Crippen molar-refractivity contribution in [1.29, 1.82) is 0 Å². The Morgan fingerprint density at radius 3 is 2.44 bits per heavy atom. The number of carbonyl (C=O) groups is 1. The summed E-state index contributed by atoms with van der Waals surface area (Å²) in [7, 11) is 0. The molecule has 0 aliphatic heterocycles. The first-order chi connectivity index (χ1) is 7.29. The van der Waals surface area contributed by atoms with E-state index in [9.17, 15) is 18.0 Å². The zero-order valence-corrected chi connectivity index (χ0v) is 10.1. The van der Waals surface area contributed by atoms with Crippen LogP contribution in [0.1, 0.15) is 28.7 Å². The quantitative estimate of drug-likeness (QED) is 0.852. The van der Waals surface area contributed by atoms with Crippen molar-refractivity contribution < 1.29 is 22.7 Å². The molecule has 0 saturated heterocycles. The highest BCUT2D eigenvalue weighted by Crippen LogP contribution is 2.36. The van der Waals surface area contributed by atoms with E-state index in [2.05, 4.69) is 20.7 Å². The standard InChI is InChI=1S/C9H9BrF3NO2/c1-3-16-8(15)6-5(10)4(2)7(14-6)9(11,12)13/h14H,3H2,1-2H3. The molecule has 3 nitrogen and oxygen atoms in total. The van der Waals surface area contributed by atoms with E-state index >= 15 is 0 Å². The molecule has 1 rings (SSSR count). The Bertz CT molecular complexity index is 412. The Morgan fingerprint density at radius 1 is 1.50 bits per heavy atom. The normalized spacial score (nSPS) is 11.6. The molecule has 0 atom stereocenters. The first-order valence-corrected chi connectivity index (χ1v) is 5.20. The lowest BCUT2D eigenvalue weighted by Gasteiger charge is -2.04. The minimum absolute atomic E-state index is 0.0597. The van der Waals surface area contributed by atoms with Crippen LogP contribution in [0.25, 0.3) is 0 Å². The number of esters is 1. The summed E-state index contributed by atoms with van der Waals surface area (Å²) in [5, 5.41) is 0. The number of nitrogens with one attached hydrogen (secondary N) is 1. The summed E-state index contributed by atoms with van der Waals surface area (Å²) in [4.78, 5) is 13.3. The molecule has 1 aromatic heterocycles. The van der Waals surface area contributed by atoms with E-state index in [0.29, 0.717) is 0 Å². The van der Waals surface area contributed by atoms with Gasteiger partial charge in [0.25, 0.3) is 0 Å². The predicted molar refractivity (Wildman–Crippen MR) is 54.2 cm³/mol. The second-order valence-electron chi connectivity index (χ2n) is 3.03. The van der Waals surface area contributed by atoms with E-state index in [0.717, 1.165) is 0 Å². The molecule has 90 valence electrons. The summed E-state index contributed by atoms with van der Waals surface area (Å²) in [6, 6.07) is 0. The lowest BCUT2D eigenvalue weighted by Crippen LogP contribution is -2.09. The predicted octanol–water partition coefficient (Wildman–Crippen LogP) is 3.28. The topological polar surface area (TPSA) is 42.1 Å². The van der Waals surface area contributed by atoms with Gasteiger partial charge in [-0.05, 0) is 35.3 Å². The molecule has 1 aromatic rings. The molecule has 0 radical (unpaired) electrons. The van der Waals surface area contributed by atoms with Gasteiger partial charge in [0.15, 0.2) is 0 Å². The molecule has 1 N–H and O–H groups in total. The van der Waals surface area contributed by atoms with E-state index in [-0.39, 0.29) is 22.3 Å². The molecule has 16 heavy (non-hydrogen) atoms. The van der Waals surface area contributed by atoms with Crippen molar-refractivity contribution in [2.75, 3.05) is 6.61 Å². The fourth-order valence-electron chi connectivity index (χ4n) is 1.20. The molecule has 0 fully saturated rings. The third kappa shape index (κ3) is 2.40. The van der Waals surface area contributed by atoms with Gasteiger partial charge in [0, 0.05) is 0 Å². The van der Waals surface area contributed by atoms with Crippen molar-refractivity contribution in [3.63, 3.8) is 0 Å². The molecule has 0 aromatic carbocycles. The number of alkyl halides is 3. The van der Waals surface area contributed by atoms with Crippen molar-refractivity contribution in [2.24, 2.45) is 0 Å². The summed E-state index contributed by atoms with van der Waals surface area (Å²) >= 11 is 2.93. The van der Waals surface area contributed by atoms with Crippen LogP contribution >= 0.6 is 15.9 Å². The molecule has 0 aliphatic rings. The maximum absolute atomic E-state index is 12.5. The molecular weight excluding hydrogens is 291 g/mol. The SMILES string of the molecule is CCOC(=O)c1[nH]c(C(F)(F)F)c(C)c1Br. The molecular formula is C9H9BrF3NO2. The van der Waals surface area contributed by atoms with Crippen LogP contribution < -0.4 is 0 Å². The van der Waals surface area contributed by atoms with Crippen LogP contribution in [0.2, 0.25) is 0 Å². The lowest BCUT2D eigenvalue weighted by atomic mass is 10.2. The van der Waals surface area contributed by atoms with Crippen molar-refractivity contribution in [3.05, 3.63) is 21.4 Å². The summed E-state index contributed by atoms with van der Waals surface area (Å²) < 4.78 is 42.2. The van der Waals surface area contributed by atoms with Crippen LogP contribution in [0, 0.1) is 6.92 Å². The van der Waals surface area contributed by atoms with E-state index in [1.54, 1.807) is 6.92 Å². The molecule has 0 spiro atoms. The first-order valence-electron chi connectivity index (χ1n) is 4.41. The highest BCUT2D eigenvalue weighted by molar-refractivity contribution is 9.10. The zero-order chi connectivity index (χ0) is 12.5. The summed E-state index contributed by atoms with van der Waals surface area (Å²) in [5.74, 6) is -0.812. The van der Waals surface area contributed by atoms with Gasteiger partial charge in [-0.3, -0.25) is 0 Å². The monoisotopic (exact) mass is 299 g/mol. The second kappa shape index (κ2) is 4.48. The number of rotatable bonds is 2. The number of ether oxygens (including phenoxy) is 1. The van der Waals surface area contributed by atoms with Crippen LogP contribution in [0.5, 0.6) is 0 Å². The summed E-state index contributed by atoms with van der Waals surface area (Å²) in [5.41, 5.74) is -1.22. The molecule has 1 heterocycles. The van der Waals surface area contributed by atoms with E-state index in [1.807, 2.05) is 4.98 Å². The van der Waals surface area contributed by atoms with Gasteiger partial charge in [0.2, 0.25) is 0 Å². The fraction of sp³-hybridized carbons (Fsp3) is 0.444. The highest BCUT2D eigenvalue weighted by Gasteiger charge is 2.37. The summed E-state index contributed by atoms with van der Waals surface area (Å²) in [6.07, 6.45) is -4.52. The van der Waals surface area contributed by atoms with Crippen LogP contribution in [0.3, 0.4) is 0 Å². The maximum Gasteiger partial charge on any atom is 0.431 e. The first kappa shape index (κ1) is 13.1. The number of hydrogen-bond donors (Lipinski definition) is 1. The Hall–Kier alpha value is -0.980. The smallest absolute Gasteiger partial charge is 0.431 e. The van der Waals surface area contributed by atoms with Gasteiger partial charge >= 0.3 is 12.1 Å². The van der Waals surface area contributed by atoms with E-state index in [4.69, 9.17) is 0 Å². The van der Waals surface area contributed by atoms with Gasteiger partial charge < -0.3 is 9.72 Å². The molecule has 0 amide bonds. The minimum atomic E-state index is -4.52. The van der Waals surface area contributed by atoms with Crippen molar-refractivity contribution in [2.45, 2.75) is 20.0 Å². The number of aromatic nitrogens is 1. The van der Waals surface area contributed by atoms with Crippen LogP contribution in [-0.4, -0.2) is 17.6 Å². The third-order valence-electron chi connectivity index (χ3n) is 1.94. The zero-order valence-electron chi connectivity index (χ0n) is 8.54. The van der Waals surface area contributed by atoms with Gasteiger partial charge in [-0.2, -0.15) is 13.2 Å². The van der Waals surface area contributed by atoms with Crippen molar-refractivity contribution >= 4 is 21.9 Å². The Kier molecular flexibility index (Phi) is 3.67. The number of carbonyl (C=O) groups excluding carboxylic acids is 1. The van der Waals surface area contributed by atoms with E-state index in [1.165, 1.54) is 6.92 Å². The van der Waals surface area contributed by atoms with Gasteiger partial charge in [0.05, 0.1) is 11.1 Å². The largest absolute Gasteiger partial charge is 0.461 e.